The molecule has 0 spiro atoms. The molecule has 36 heavy (non-hydrogen) atoms. The second-order valence-electron chi connectivity index (χ2n) is 7.85. The summed E-state index contributed by atoms with van der Waals surface area (Å²) in [5.41, 5.74) is 13.6. The molecule has 0 aliphatic heterocycles. The Morgan fingerprint density at radius 1 is 0.833 bits per heavy atom. The van der Waals surface area contributed by atoms with Crippen LogP contribution in [0.25, 0.3) is 11.5 Å². The van der Waals surface area contributed by atoms with Crippen LogP contribution in [0.3, 0.4) is 0 Å². The Morgan fingerprint density at radius 2 is 1.50 bits per heavy atom. The van der Waals surface area contributed by atoms with Gasteiger partial charge in [0.05, 0.1) is 22.5 Å². The minimum atomic E-state index is -0.427. The van der Waals surface area contributed by atoms with Crippen molar-refractivity contribution in [3.63, 3.8) is 0 Å². The van der Waals surface area contributed by atoms with Gasteiger partial charge in [-0.3, -0.25) is 19.4 Å². The van der Waals surface area contributed by atoms with Crippen molar-refractivity contribution in [2.24, 2.45) is 10.2 Å². The van der Waals surface area contributed by atoms with Crippen molar-refractivity contribution in [3.05, 3.63) is 83.0 Å². The molecule has 2 aromatic heterocycles. The minimum absolute atomic E-state index is 0.0233. The molecule has 11 heteroatoms. The summed E-state index contributed by atoms with van der Waals surface area (Å²) in [4.78, 5) is 50.9. The molecule has 2 heterocycles. The van der Waals surface area contributed by atoms with Crippen molar-refractivity contribution >= 4 is 46.2 Å². The van der Waals surface area contributed by atoms with Gasteiger partial charge in [0.15, 0.2) is 34.7 Å². The molecule has 0 bridgehead atoms. The Kier molecular flexibility index (Phi) is 5.49. The van der Waals surface area contributed by atoms with E-state index in [1.807, 2.05) is 0 Å². The van der Waals surface area contributed by atoms with Gasteiger partial charge in [-0.2, -0.15) is 0 Å². The first-order chi connectivity index (χ1) is 17.3. The second-order valence-corrected chi connectivity index (χ2v) is 7.85. The standard InChI is InChI=1S/C25H18N8O3/c1-12(34)29-15-9-4-6-13-18(15)21(35)14-7-5-10-16(19(14)22(13)36)32-33-20-23(26)30-25(31-24(20)27)17-8-2-3-11-28-17/h2-11H,1H3,(H,29,34)(H4,26,27,30,31). The van der Waals surface area contributed by atoms with Crippen LogP contribution in [0.15, 0.2) is 71.0 Å². The van der Waals surface area contributed by atoms with Gasteiger partial charge in [-0.1, -0.05) is 30.3 Å². The van der Waals surface area contributed by atoms with Crippen LogP contribution in [-0.2, 0) is 4.79 Å². The molecule has 0 saturated heterocycles. The quantitative estimate of drug-likeness (QED) is 0.326. The van der Waals surface area contributed by atoms with E-state index in [1.54, 1.807) is 48.7 Å². The van der Waals surface area contributed by atoms with Gasteiger partial charge in [0.2, 0.25) is 5.91 Å². The van der Waals surface area contributed by atoms with Crippen molar-refractivity contribution in [1.29, 1.82) is 0 Å². The number of rotatable bonds is 4. The Hall–Kier alpha value is -5.32. The number of anilines is 3. The maximum absolute atomic E-state index is 13.4. The SMILES string of the molecule is CC(=O)Nc1cccc2c1C(=O)c1cccc(N=Nc3c(N)nc(-c4ccccn4)nc3N)c1C2=O. The van der Waals surface area contributed by atoms with Gasteiger partial charge in [-0.05, 0) is 24.3 Å². The third kappa shape index (κ3) is 3.84. The van der Waals surface area contributed by atoms with Crippen molar-refractivity contribution in [1.82, 2.24) is 15.0 Å². The number of amides is 1. The van der Waals surface area contributed by atoms with Crippen LogP contribution in [0.2, 0.25) is 0 Å². The number of carbonyl (C=O) groups excluding carboxylic acids is 3. The van der Waals surface area contributed by atoms with Gasteiger partial charge in [-0.15, -0.1) is 10.2 Å². The lowest BCUT2D eigenvalue weighted by atomic mass is 9.82. The highest BCUT2D eigenvalue weighted by Crippen LogP contribution is 2.38. The summed E-state index contributed by atoms with van der Waals surface area (Å²) in [6.07, 6.45) is 1.59. The minimum Gasteiger partial charge on any atom is -0.382 e. The molecule has 0 atom stereocenters. The summed E-state index contributed by atoms with van der Waals surface area (Å²) in [6, 6.07) is 14.6. The highest BCUT2D eigenvalue weighted by atomic mass is 16.2. The number of azo groups is 1. The molecule has 4 aromatic rings. The summed E-state index contributed by atoms with van der Waals surface area (Å²) in [5, 5.41) is 10.9. The average Bonchev–Trinajstić information content (AvgIpc) is 2.86. The van der Waals surface area contributed by atoms with E-state index in [0.29, 0.717) is 5.69 Å². The Labute approximate surface area is 204 Å². The third-order valence-electron chi connectivity index (χ3n) is 5.45. The Morgan fingerprint density at radius 3 is 2.17 bits per heavy atom. The largest absolute Gasteiger partial charge is 0.382 e. The monoisotopic (exact) mass is 478 g/mol. The van der Waals surface area contributed by atoms with Crippen molar-refractivity contribution in [2.75, 3.05) is 16.8 Å². The molecular formula is C25H18N8O3. The zero-order valence-electron chi connectivity index (χ0n) is 18.9. The smallest absolute Gasteiger partial charge is 0.221 e. The number of ketones is 2. The summed E-state index contributed by atoms with van der Waals surface area (Å²) < 4.78 is 0. The third-order valence-corrected chi connectivity index (χ3v) is 5.45. The molecule has 2 aromatic carbocycles. The van der Waals surface area contributed by atoms with E-state index in [2.05, 4.69) is 30.5 Å². The molecule has 0 fully saturated rings. The van der Waals surface area contributed by atoms with E-state index >= 15 is 0 Å². The summed E-state index contributed by atoms with van der Waals surface area (Å²) >= 11 is 0. The maximum Gasteiger partial charge on any atom is 0.221 e. The van der Waals surface area contributed by atoms with Crippen LogP contribution in [0.1, 0.15) is 38.8 Å². The summed E-state index contributed by atoms with van der Waals surface area (Å²) in [5.74, 6) is -1.02. The zero-order valence-corrected chi connectivity index (χ0v) is 18.9. The first-order valence-corrected chi connectivity index (χ1v) is 10.7. The van der Waals surface area contributed by atoms with Crippen molar-refractivity contribution in [3.8, 4) is 11.5 Å². The van der Waals surface area contributed by atoms with Crippen LogP contribution < -0.4 is 16.8 Å². The normalized spacial score (nSPS) is 12.4. The van der Waals surface area contributed by atoms with Crippen LogP contribution in [0, 0.1) is 0 Å². The number of hydrogen-bond acceptors (Lipinski definition) is 10. The van der Waals surface area contributed by atoms with Gasteiger partial charge < -0.3 is 16.8 Å². The lowest BCUT2D eigenvalue weighted by Gasteiger charge is -2.21. The van der Waals surface area contributed by atoms with Gasteiger partial charge in [0.25, 0.3) is 0 Å². The number of fused-ring (bicyclic) bond motifs is 2. The number of pyridine rings is 1. The van der Waals surface area contributed by atoms with E-state index in [-0.39, 0.29) is 62.7 Å². The first kappa shape index (κ1) is 22.5. The fraction of sp³-hybridized carbons (Fsp3) is 0.0400. The molecule has 1 amide bonds. The number of nitrogens with two attached hydrogens (primary N) is 2. The molecular weight excluding hydrogens is 460 g/mol. The number of carbonyl (C=O) groups is 3. The molecule has 5 rings (SSSR count). The van der Waals surface area contributed by atoms with E-state index in [1.165, 1.54) is 19.1 Å². The number of nitrogen functional groups attached to an aromatic ring is 2. The fourth-order valence-corrected chi connectivity index (χ4v) is 3.91. The molecule has 1 aliphatic carbocycles. The molecule has 5 N–H and O–H groups in total. The molecule has 1 aliphatic rings. The Balaban J connectivity index is 1.55. The average molecular weight is 478 g/mol. The maximum atomic E-state index is 13.4. The second kappa shape index (κ2) is 8.80. The van der Waals surface area contributed by atoms with E-state index < -0.39 is 11.6 Å². The van der Waals surface area contributed by atoms with E-state index in [0.717, 1.165) is 0 Å². The number of benzene rings is 2. The number of hydrogen-bond donors (Lipinski definition) is 3. The van der Waals surface area contributed by atoms with Gasteiger partial charge in [0, 0.05) is 24.2 Å². The molecule has 0 saturated carbocycles. The lowest BCUT2D eigenvalue weighted by molar-refractivity contribution is -0.114. The number of nitrogens with zero attached hydrogens (tertiary/aromatic N) is 5. The topological polar surface area (TPSA) is 179 Å². The molecule has 176 valence electrons. The number of aromatic nitrogens is 3. The predicted octanol–water partition coefficient (Wildman–Crippen LogP) is 3.85. The van der Waals surface area contributed by atoms with E-state index in [9.17, 15) is 14.4 Å². The molecule has 0 radical (unpaired) electrons. The van der Waals surface area contributed by atoms with Crippen molar-refractivity contribution in [2.45, 2.75) is 6.92 Å². The fourth-order valence-electron chi connectivity index (χ4n) is 3.91. The lowest BCUT2D eigenvalue weighted by Crippen LogP contribution is -2.23. The zero-order chi connectivity index (χ0) is 25.4. The van der Waals surface area contributed by atoms with Crippen molar-refractivity contribution < 1.29 is 14.4 Å². The summed E-state index contributed by atoms with van der Waals surface area (Å²) in [7, 11) is 0. The van der Waals surface area contributed by atoms with Gasteiger partial charge in [0.1, 0.15) is 5.69 Å². The van der Waals surface area contributed by atoms with Gasteiger partial charge >= 0.3 is 0 Å². The van der Waals surface area contributed by atoms with Crippen LogP contribution in [0.4, 0.5) is 28.7 Å². The molecule has 11 nitrogen and oxygen atoms in total. The van der Waals surface area contributed by atoms with Gasteiger partial charge in [-0.25, -0.2) is 9.97 Å². The first-order valence-electron chi connectivity index (χ1n) is 10.7. The highest BCUT2D eigenvalue weighted by molar-refractivity contribution is 6.32. The predicted molar refractivity (Wildman–Crippen MR) is 132 cm³/mol. The van der Waals surface area contributed by atoms with Crippen LogP contribution >= 0.6 is 0 Å². The molecule has 0 unspecified atom stereocenters. The van der Waals surface area contributed by atoms with Crippen LogP contribution in [0.5, 0.6) is 0 Å². The van der Waals surface area contributed by atoms with E-state index in [4.69, 9.17) is 11.5 Å². The summed E-state index contributed by atoms with van der Waals surface area (Å²) in [6.45, 7) is 1.32. The number of nitrogens with one attached hydrogen (secondary N) is 1. The highest BCUT2D eigenvalue weighted by Gasteiger charge is 2.33. The van der Waals surface area contributed by atoms with Crippen LogP contribution in [-0.4, -0.2) is 32.4 Å². The Bertz CT molecular complexity index is 1580.